The molecular formula is C9H15N3. The molecule has 2 rings (SSSR count). The predicted octanol–water partition coefficient (Wildman–Crippen LogP) is 1.88. The fourth-order valence-corrected chi connectivity index (χ4v) is 1.48. The van der Waals surface area contributed by atoms with E-state index >= 15 is 0 Å². The van der Waals surface area contributed by atoms with Gasteiger partial charge in [-0.05, 0) is 18.8 Å². The molecule has 3 nitrogen and oxygen atoms in total. The molecule has 0 aromatic carbocycles. The lowest BCUT2D eigenvalue weighted by atomic mass is 10.1. The molecule has 1 aromatic rings. The average Bonchev–Trinajstić information content (AvgIpc) is 2.82. The number of aryl methyl sites for hydroxylation is 1. The molecule has 0 spiro atoms. The van der Waals surface area contributed by atoms with Gasteiger partial charge in [0.1, 0.15) is 5.82 Å². The first kappa shape index (κ1) is 7.77. The topological polar surface area (TPSA) is 41.6 Å². The van der Waals surface area contributed by atoms with Crippen molar-refractivity contribution >= 4 is 0 Å². The maximum absolute atomic E-state index is 4.42. The van der Waals surface area contributed by atoms with Gasteiger partial charge in [0.05, 0.1) is 0 Å². The summed E-state index contributed by atoms with van der Waals surface area (Å²) < 4.78 is 0. The minimum absolute atomic E-state index is 0.557. The number of nitrogens with zero attached hydrogens (tertiary/aromatic N) is 2. The Labute approximate surface area is 72.6 Å². The molecule has 1 aliphatic carbocycles. The highest BCUT2D eigenvalue weighted by molar-refractivity contribution is 5.01. The van der Waals surface area contributed by atoms with Gasteiger partial charge in [0.2, 0.25) is 0 Å². The average molecular weight is 165 g/mol. The van der Waals surface area contributed by atoms with Crippen molar-refractivity contribution in [2.75, 3.05) is 0 Å². The summed E-state index contributed by atoms with van der Waals surface area (Å²) in [5.41, 5.74) is 0. The summed E-state index contributed by atoms with van der Waals surface area (Å²) in [6.45, 7) is 4.31. The molecule has 1 aromatic heterocycles. The molecule has 0 saturated heterocycles. The van der Waals surface area contributed by atoms with E-state index in [2.05, 4.69) is 29.0 Å². The number of nitrogens with one attached hydrogen (secondary N) is 1. The van der Waals surface area contributed by atoms with E-state index in [1.165, 1.54) is 12.8 Å². The summed E-state index contributed by atoms with van der Waals surface area (Å²) in [4.78, 5) is 4.42. The molecule has 0 amide bonds. The minimum atomic E-state index is 0.557. The van der Waals surface area contributed by atoms with Crippen LogP contribution in [0.5, 0.6) is 0 Å². The molecule has 3 heteroatoms. The number of aromatic nitrogens is 3. The fourth-order valence-electron chi connectivity index (χ4n) is 1.48. The van der Waals surface area contributed by atoms with Gasteiger partial charge < -0.3 is 0 Å². The van der Waals surface area contributed by atoms with Crippen molar-refractivity contribution in [2.24, 2.45) is 5.92 Å². The highest BCUT2D eigenvalue weighted by Crippen LogP contribution is 2.40. The summed E-state index contributed by atoms with van der Waals surface area (Å²) in [6.07, 6.45) is 3.67. The van der Waals surface area contributed by atoms with Gasteiger partial charge in [-0.25, -0.2) is 4.98 Å². The van der Waals surface area contributed by atoms with Gasteiger partial charge in [0.25, 0.3) is 0 Å². The molecule has 1 unspecified atom stereocenters. The van der Waals surface area contributed by atoms with E-state index in [1.807, 2.05) is 0 Å². The van der Waals surface area contributed by atoms with E-state index < -0.39 is 0 Å². The van der Waals surface area contributed by atoms with Crippen LogP contribution in [0.4, 0.5) is 0 Å². The Morgan fingerprint density at radius 2 is 2.33 bits per heavy atom. The third-order valence-electron chi connectivity index (χ3n) is 2.62. The number of H-pyrrole nitrogens is 1. The van der Waals surface area contributed by atoms with E-state index in [4.69, 9.17) is 0 Å². The molecule has 1 N–H and O–H groups in total. The van der Waals surface area contributed by atoms with Crippen LogP contribution in [0.25, 0.3) is 0 Å². The van der Waals surface area contributed by atoms with Gasteiger partial charge in [-0.3, -0.25) is 5.10 Å². The van der Waals surface area contributed by atoms with Gasteiger partial charge in [-0.1, -0.05) is 13.8 Å². The standard InChI is InChI=1S/C9H15N3/c1-3-8-10-9(12-11-8)6(2)7-4-5-7/h6-7H,3-5H2,1-2H3,(H,10,11,12). The molecule has 1 aliphatic rings. The Hall–Kier alpha value is -0.860. The molecule has 0 radical (unpaired) electrons. The third-order valence-corrected chi connectivity index (χ3v) is 2.62. The summed E-state index contributed by atoms with van der Waals surface area (Å²) in [5.74, 6) is 3.43. The number of hydrogen-bond donors (Lipinski definition) is 1. The van der Waals surface area contributed by atoms with Crippen molar-refractivity contribution in [3.05, 3.63) is 11.6 Å². The molecule has 0 bridgehead atoms. The van der Waals surface area contributed by atoms with E-state index in [1.54, 1.807) is 0 Å². The highest BCUT2D eigenvalue weighted by atomic mass is 15.2. The van der Waals surface area contributed by atoms with Crippen molar-refractivity contribution in [3.8, 4) is 0 Å². The second kappa shape index (κ2) is 2.88. The van der Waals surface area contributed by atoms with Gasteiger partial charge in [0, 0.05) is 12.3 Å². The van der Waals surface area contributed by atoms with Crippen LogP contribution >= 0.6 is 0 Å². The zero-order valence-electron chi connectivity index (χ0n) is 7.67. The van der Waals surface area contributed by atoms with E-state index in [0.29, 0.717) is 5.92 Å². The smallest absolute Gasteiger partial charge is 0.153 e. The van der Waals surface area contributed by atoms with Gasteiger partial charge in [-0.15, -0.1) is 0 Å². The second-order valence-electron chi connectivity index (χ2n) is 3.62. The molecule has 0 aliphatic heterocycles. The predicted molar refractivity (Wildman–Crippen MR) is 46.9 cm³/mol. The van der Waals surface area contributed by atoms with Crippen molar-refractivity contribution in [2.45, 2.75) is 39.0 Å². The lowest BCUT2D eigenvalue weighted by molar-refractivity contribution is 0.623. The number of aromatic amines is 1. The Kier molecular flexibility index (Phi) is 1.87. The van der Waals surface area contributed by atoms with Crippen molar-refractivity contribution < 1.29 is 0 Å². The van der Waals surface area contributed by atoms with Crippen LogP contribution < -0.4 is 0 Å². The van der Waals surface area contributed by atoms with Crippen LogP contribution in [0.2, 0.25) is 0 Å². The second-order valence-corrected chi connectivity index (χ2v) is 3.62. The fraction of sp³-hybridized carbons (Fsp3) is 0.778. The monoisotopic (exact) mass is 165 g/mol. The summed E-state index contributed by atoms with van der Waals surface area (Å²) in [7, 11) is 0. The normalized spacial score (nSPS) is 19.5. The van der Waals surface area contributed by atoms with E-state index in [0.717, 1.165) is 24.0 Å². The third kappa shape index (κ3) is 1.36. The summed E-state index contributed by atoms with van der Waals surface area (Å²) >= 11 is 0. The molecule has 1 atom stereocenters. The molecule has 66 valence electrons. The Morgan fingerprint density at radius 3 is 2.83 bits per heavy atom. The summed E-state index contributed by atoms with van der Waals surface area (Å²) in [6, 6.07) is 0. The van der Waals surface area contributed by atoms with Crippen molar-refractivity contribution in [3.63, 3.8) is 0 Å². The first-order chi connectivity index (χ1) is 5.81. The van der Waals surface area contributed by atoms with Crippen molar-refractivity contribution in [1.29, 1.82) is 0 Å². The van der Waals surface area contributed by atoms with Crippen LogP contribution in [0.1, 0.15) is 44.3 Å². The molecule has 12 heavy (non-hydrogen) atoms. The summed E-state index contributed by atoms with van der Waals surface area (Å²) in [5, 5.41) is 7.17. The van der Waals surface area contributed by atoms with Gasteiger partial charge in [-0.2, -0.15) is 5.10 Å². The maximum Gasteiger partial charge on any atom is 0.153 e. The quantitative estimate of drug-likeness (QED) is 0.743. The van der Waals surface area contributed by atoms with E-state index in [-0.39, 0.29) is 0 Å². The highest BCUT2D eigenvalue weighted by Gasteiger charge is 2.31. The lowest BCUT2D eigenvalue weighted by Gasteiger charge is -2.02. The lowest BCUT2D eigenvalue weighted by Crippen LogP contribution is -1.98. The number of hydrogen-bond acceptors (Lipinski definition) is 2. The first-order valence-electron chi connectivity index (χ1n) is 4.72. The van der Waals surface area contributed by atoms with Crippen LogP contribution in [0.15, 0.2) is 0 Å². The SMILES string of the molecule is CCc1nc(C(C)C2CC2)n[nH]1. The Bertz CT molecular complexity index is 262. The molecule has 1 saturated carbocycles. The minimum Gasteiger partial charge on any atom is -0.263 e. The molecule has 1 heterocycles. The Morgan fingerprint density at radius 1 is 1.58 bits per heavy atom. The zero-order valence-corrected chi connectivity index (χ0v) is 7.67. The van der Waals surface area contributed by atoms with Gasteiger partial charge in [0.15, 0.2) is 5.82 Å². The van der Waals surface area contributed by atoms with Crippen LogP contribution in [0.3, 0.4) is 0 Å². The molecule has 1 fully saturated rings. The Balaban J connectivity index is 2.10. The van der Waals surface area contributed by atoms with Crippen LogP contribution in [-0.2, 0) is 6.42 Å². The van der Waals surface area contributed by atoms with Crippen LogP contribution in [-0.4, -0.2) is 15.2 Å². The largest absolute Gasteiger partial charge is 0.263 e. The van der Waals surface area contributed by atoms with Crippen molar-refractivity contribution in [1.82, 2.24) is 15.2 Å². The molecular weight excluding hydrogens is 150 g/mol. The first-order valence-corrected chi connectivity index (χ1v) is 4.72. The van der Waals surface area contributed by atoms with Gasteiger partial charge >= 0.3 is 0 Å². The number of rotatable bonds is 3. The van der Waals surface area contributed by atoms with E-state index in [9.17, 15) is 0 Å². The maximum atomic E-state index is 4.42. The zero-order chi connectivity index (χ0) is 8.55. The van der Waals surface area contributed by atoms with Crippen LogP contribution in [0, 0.1) is 5.92 Å².